The number of ether oxygens (including phenoxy) is 1. The summed E-state index contributed by atoms with van der Waals surface area (Å²) in [6, 6.07) is 15.2. The second kappa shape index (κ2) is 9.19. The van der Waals surface area contributed by atoms with E-state index in [1.165, 1.54) is 16.7 Å². The highest BCUT2D eigenvalue weighted by atomic mass is 35.5. The monoisotopic (exact) mass is 399 g/mol. The van der Waals surface area contributed by atoms with Gasteiger partial charge in [-0.1, -0.05) is 30.3 Å². The molecule has 1 unspecified atom stereocenters. The van der Waals surface area contributed by atoms with Gasteiger partial charge in [0.25, 0.3) is 0 Å². The second-order valence-corrected chi connectivity index (χ2v) is 6.89. The molecule has 1 aliphatic rings. The van der Waals surface area contributed by atoms with E-state index in [1.54, 1.807) is 19.8 Å². The Hall–Kier alpha value is -2.41. The van der Waals surface area contributed by atoms with Crippen molar-refractivity contribution in [1.82, 2.24) is 25.0 Å². The lowest BCUT2D eigenvalue weighted by atomic mass is 10.0. The van der Waals surface area contributed by atoms with Crippen LogP contribution in [0, 0.1) is 6.92 Å². The van der Waals surface area contributed by atoms with Gasteiger partial charge in [0.1, 0.15) is 18.4 Å². The van der Waals surface area contributed by atoms with Gasteiger partial charge in [0, 0.05) is 31.7 Å². The SMILES string of the molecule is COc1ccccc1C1CNCCN1Cc1ccc(-n2cncn2)c(C)c1.Cl. The number of aryl methyl sites for hydroxylation is 1. The lowest BCUT2D eigenvalue weighted by Crippen LogP contribution is -2.45. The number of benzene rings is 2. The summed E-state index contributed by atoms with van der Waals surface area (Å²) in [6.07, 6.45) is 3.29. The van der Waals surface area contributed by atoms with Crippen LogP contribution in [0.4, 0.5) is 0 Å². The van der Waals surface area contributed by atoms with Crippen LogP contribution in [0.15, 0.2) is 55.1 Å². The number of para-hydroxylation sites is 1. The third-order valence-electron chi connectivity index (χ3n) is 5.16. The zero-order valence-electron chi connectivity index (χ0n) is 16.2. The Bertz CT molecular complexity index is 900. The lowest BCUT2D eigenvalue weighted by molar-refractivity contribution is 0.151. The molecule has 0 spiro atoms. The quantitative estimate of drug-likeness (QED) is 0.714. The Morgan fingerprint density at radius 1 is 1.21 bits per heavy atom. The number of aromatic nitrogens is 3. The van der Waals surface area contributed by atoms with E-state index in [0.717, 1.165) is 37.6 Å². The van der Waals surface area contributed by atoms with E-state index in [4.69, 9.17) is 4.74 Å². The predicted molar refractivity (Wildman–Crippen MR) is 112 cm³/mol. The molecule has 28 heavy (non-hydrogen) atoms. The first kappa shape index (κ1) is 20.3. The molecule has 148 valence electrons. The number of halogens is 1. The molecule has 1 saturated heterocycles. The topological polar surface area (TPSA) is 55.2 Å². The highest BCUT2D eigenvalue weighted by Gasteiger charge is 2.26. The van der Waals surface area contributed by atoms with Gasteiger partial charge in [0.15, 0.2) is 0 Å². The molecule has 1 fully saturated rings. The fourth-order valence-electron chi connectivity index (χ4n) is 3.82. The second-order valence-electron chi connectivity index (χ2n) is 6.89. The minimum absolute atomic E-state index is 0. The number of hydrogen-bond acceptors (Lipinski definition) is 5. The van der Waals surface area contributed by atoms with Crippen LogP contribution in [0.5, 0.6) is 5.75 Å². The van der Waals surface area contributed by atoms with Crippen molar-refractivity contribution in [2.45, 2.75) is 19.5 Å². The minimum Gasteiger partial charge on any atom is -0.496 e. The van der Waals surface area contributed by atoms with Gasteiger partial charge >= 0.3 is 0 Å². The fourth-order valence-corrected chi connectivity index (χ4v) is 3.82. The van der Waals surface area contributed by atoms with Crippen molar-refractivity contribution in [2.75, 3.05) is 26.7 Å². The van der Waals surface area contributed by atoms with E-state index in [2.05, 4.69) is 57.6 Å². The van der Waals surface area contributed by atoms with Gasteiger partial charge in [-0.3, -0.25) is 4.90 Å². The third-order valence-corrected chi connectivity index (χ3v) is 5.16. The van der Waals surface area contributed by atoms with Crippen LogP contribution in [0.3, 0.4) is 0 Å². The first-order chi connectivity index (χ1) is 13.3. The molecule has 1 atom stereocenters. The van der Waals surface area contributed by atoms with E-state index in [0.29, 0.717) is 6.04 Å². The van der Waals surface area contributed by atoms with Crippen molar-refractivity contribution in [1.29, 1.82) is 0 Å². The number of rotatable bonds is 5. The molecule has 3 aromatic rings. The zero-order valence-corrected chi connectivity index (χ0v) is 17.0. The van der Waals surface area contributed by atoms with Gasteiger partial charge in [0.2, 0.25) is 0 Å². The van der Waals surface area contributed by atoms with Crippen molar-refractivity contribution < 1.29 is 4.74 Å². The minimum atomic E-state index is 0. The predicted octanol–water partition coefficient (Wildman–Crippen LogP) is 3.15. The van der Waals surface area contributed by atoms with Gasteiger partial charge in [-0.15, -0.1) is 12.4 Å². The summed E-state index contributed by atoms with van der Waals surface area (Å²) in [7, 11) is 1.74. The highest BCUT2D eigenvalue weighted by molar-refractivity contribution is 5.85. The number of methoxy groups -OCH3 is 1. The number of piperazine rings is 1. The van der Waals surface area contributed by atoms with Crippen LogP contribution in [0.1, 0.15) is 22.7 Å². The van der Waals surface area contributed by atoms with Crippen LogP contribution in [-0.4, -0.2) is 46.4 Å². The summed E-state index contributed by atoms with van der Waals surface area (Å²) in [4.78, 5) is 6.57. The summed E-state index contributed by atoms with van der Waals surface area (Å²) in [5, 5.41) is 7.76. The first-order valence-electron chi connectivity index (χ1n) is 9.28. The molecular weight excluding hydrogens is 374 g/mol. The molecule has 0 amide bonds. The summed E-state index contributed by atoms with van der Waals surface area (Å²) in [6.45, 7) is 5.96. The maximum absolute atomic E-state index is 5.60. The number of nitrogens with one attached hydrogen (secondary N) is 1. The summed E-state index contributed by atoms with van der Waals surface area (Å²) in [5.41, 5.74) is 4.81. The van der Waals surface area contributed by atoms with Crippen LogP contribution >= 0.6 is 12.4 Å². The highest BCUT2D eigenvalue weighted by Crippen LogP contribution is 2.31. The van der Waals surface area contributed by atoms with Crippen molar-refractivity contribution in [2.24, 2.45) is 0 Å². The van der Waals surface area contributed by atoms with Crippen LogP contribution in [0.2, 0.25) is 0 Å². The average molecular weight is 400 g/mol. The van der Waals surface area contributed by atoms with Crippen molar-refractivity contribution in [3.05, 3.63) is 71.8 Å². The molecule has 0 saturated carbocycles. The van der Waals surface area contributed by atoms with Gasteiger partial charge < -0.3 is 10.1 Å². The Kier molecular flexibility index (Phi) is 6.67. The Morgan fingerprint density at radius 3 is 2.82 bits per heavy atom. The molecule has 4 rings (SSSR count). The van der Waals surface area contributed by atoms with Crippen molar-refractivity contribution >= 4 is 12.4 Å². The fraction of sp³-hybridized carbons (Fsp3) is 0.333. The Labute approximate surface area is 171 Å². The average Bonchev–Trinajstić information content (AvgIpc) is 3.23. The van der Waals surface area contributed by atoms with Gasteiger partial charge in [-0.05, 0) is 30.2 Å². The number of nitrogens with zero attached hydrogens (tertiary/aromatic N) is 4. The number of hydrogen-bond donors (Lipinski definition) is 1. The molecule has 0 bridgehead atoms. The van der Waals surface area contributed by atoms with Crippen LogP contribution < -0.4 is 10.1 Å². The summed E-state index contributed by atoms with van der Waals surface area (Å²) in [5.74, 6) is 0.953. The van der Waals surface area contributed by atoms with Crippen LogP contribution in [-0.2, 0) is 6.54 Å². The van der Waals surface area contributed by atoms with Crippen molar-refractivity contribution in [3.63, 3.8) is 0 Å². The molecule has 1 aliphatic heterocycles. The van der Waals surface area contributed by atoms with E-state index in [9.17, 15) is 0 Å². The maximum atomic E-state index is 5.60. The Morgan fingerprint density at radius 2 is 2.07 bits per heavy atom. The maximum Gasteiger partial charge on any atom is 0.138 e. The molecule has 2 heterocycles. The zero-order chi connectivity index (χ0) is 18.6. The van der Waals surface area contributed by atoms with Gasteiger partial charge in [-0.2, -0.15) is 5.10 Å². The Balaban J connectivity index is 0.00000225. The lowest BCUT2D eigenvalue weighted by Gasteiger charge is -2.37. The van der Waals surface area contributed by atoms with E-state index >= 15 is 0 Å². The normalized spacial score (nSPS) is 17.1. The molecule has 0 radical (unpaired) electrons. The molecule has 6 nitrogen and oxygen atoms in total. The van der Waals surface area contributed by atoms with E-state index < -0.39 is 0 Å². The molecule has 7 heteroatoms. The van der Waals surface area contributed by atoms with E-state index in [1.807, 2.05) is 16.8 Å². The van der Waals surface area contributed by atoms with Gasteiger partial charge in [0.05, 0.1) is 18.8 Å². The molecule has 1 aromatic heterocycles. The smallest absolute Gasteiger partial charge is 0.138 e. The molecule has 0 aliphatic carbocycles. The van der Waals surface area contributed by atoms with Crippen molar-refractivity contribution in [3.8, 4) is 11.4 Å². The van der Waals surface area contributed by atoms with Crippen LogP contribution in [0.25, 0.3) is 5.69 Å². The molecule has 1 N–H and O–H groups in total. The standard InChI is InChI=1S/C21H25N5O.ClH/c1-16-11-17(7-8-19(16)26-15-23-14-24-26)13-25-10-9-22-12-20(25)18-5-3-4-6-21(18)27-2;/h3-8,11,14-15,20,22H,9-10,12-13H2,1-2H3;1H. The van der Waals surface area contributed by atoms with E-state index in [-0.39, 0.29) is 12.4 Å². The molecular formula is C21H26ClN5O. The summed E-state index contributed by atoms with van der Waals surface area (Å²) < 4.78 is 7.41. The largest absolute Gasteiger partial charge is 0.496 e. The third kappa shape index (κ3) is 4.19. The van der Waals surface area contributed by atoms with Gasteiger partial charge in [-0.25, -0.2) is 9.67 Å². The first-order valence-corrected chi connectivity index (χ1v) is 9.28. The molecule has 2 aromatic carbocycles. The summed E-state index contributed by atoms with van der Waals surface area (Å²) >= 11 is 0.